The molecule has 0 spiro atoms. The monoisotopic (exact) mass is 238 g/mol. The minimum Gasteiger partial charge on any atom is -0.492 e. The van der Waals surface area contributed by atoms with Gasteiger partial charge in [0.1, 0.15) is 5.75 Å². The van der Waals surface area contributed by atoms with Gasteiger partial charge in [-0.3, -0.25) is 4.79 Å². The third kappa shape index (κ3) is 1.82. The Morgan fingerprint density at radius 2 is 2.19 bits per heavy atom. The van der Waals surface area contributed by atoms with Crippen LogP contribution in [0.2, 0.25) is 0 Å². The number of carbonyl (C=O) groups excluding carboxylic acids is 1. The first-order valence-corrected chi connectivity index (χ1v) is 5.81. The molecular formula is C13H15ClO2. The van der Waals surface area contributed by atoms with Gasteiger partial charge in [0, 0.05) is 16.5 Å². The fraction of sp³-hybridized carbons (Fsp3) is 0.462. The molecule has 1 heterocycles. The van der Waals surface area contributed by atoms with Gasteiger partial charge in [0.25, 0.3) is 0 Å². The minimum absolute atomic E-state index is 0.0266. The van der Waals surface area contributed by atoms with Gasteiger partial charge in [-0.2, -0.15) is 0 Å². The average Bonchev–Trinajstić information content (AvgIpc) is 2.53. The Morgan fingerprint density at radius 1 is 1.50 bits per heavy atom. The standard InChI is InChI=1S/C13H15ClO2/c1-8(14)12(15)9-4-5-11-10(6-9)13(2,3)7-16-11/h4-6,8H,7H2,1-3H3. The van der Waals surface area contributed by atoms with E-state index in [9.17, 15) is 4.79 Å². The summed E-state index contributed by atoms with van der Waals surface area (Å²) in [5.74, 6) is 0.843. The number of ether oxygens (including phenoxy) is 1. The van der Waals surface area contributed by atoms with Gasteiger partial charge < -0.3 is 4.74 Å². The van der Waals surface area contributed by atoms with Crippen LogP contribution >= 0.6 is 11.6 Å². The molecule has 86 valence electrons. The van der Waals surface area contributed by atoms with Gasteiger partial charge in [0.2, 0.25) is 0 Å². The maximum Gasteiger partial charge on any atom is 0.180 e. The molecule has 0 aromatic heterocycles. The molecule has 0 radical (unpaired) electrons. The van der Waals surface area contributed by atoms with Crippen LogP contribution in [0.3, 0.4) is 0 Å². The summed E-state index contributed by atoms with van der Waals surface area (Å²) in [6, 6.07) is 5.54. The molecule has 1 aromatic rings. The zero-order valence-corrected chi connectivity index (χ0v) is 10.5. The van der Waals surface area contributed by atoms with Crippen LogP contribution in [0.15, 0.2) is 18.2 Å². The van der Waals surface area contributed by atoms with Crippen molar-refractivity contribution in [2.24, 2.45) is 0 Å². The smallest absolute Gasteiger partial charge is 0.180 e. The number of hydrogen-bond acceptors (Lipinski definition) is 2. The van der Waals surface area contributed by atoms with E-state index < -0.39 is 5.38 Å². The normalized spacial score (nSPS) is 18.8. The van der Waals surface area contributed by atoms with Gasteiger partial charge in [-0.05, 0) is 25.1 Å². The van der Waals surface area contributed by atoms with E-state index in [1.54, 1.807) is 13.0 Å². The third-order valence-corrected chi connectivity index (χ3v) is 3.14. The highest BCUT2D eigenvalue weighted by molar-refractivity contribution is 6.33. The summed E-state index contributed by atoms with van der Waals surface area (Å²) in [7, 11) is 0. The van der Waals surface area contributed by atoms with E-state index in [0.29, 0.717) is 12.2 Å². The molecule has 1 aliphatic heterocycles. The predicted molar refractivity (Wildman–Crippen MR) is 64.6 cm³/mol. The molecule has 1 atom stereocenters. The third-order valence-electron chi connectivity index (χ3n) is 2.94. The van der Waals surface area contributed by atoms with Gasteiger partial charge >= 0.3 is 0 Å². The first-order chi connectivity index (χ1) is 7.42. The van der Waals surface area contributed by atoms with Gasteiger partial charge in [-0.1, -0.05) is 13.8 Å². The van der Waals surface area contributed by atoms with Crippen molar-refractivity contribution >= 4 is 17.4 Å². The Balaban J connectivity index is 2.44. The van der Waals surface area contributed by atoms with Crippen molar-refractivity contribution in [1.29, 1.82) is 0 Å². The maximum atomic E-state index is 11.8. The fourth-order valence-corrected chi connectivity index (χ4v) is 2.03. The quantitative estimate of drug-likeness (QED) is 0.584. The number of hydrogen-bond donors (Lipinski definition) is 0. The molecule has 0 saturated heterocycles. The van der Waals surface area contributed by atoms with Crippen molar-refractivity contribution in [3.8, 4) is 5.75 Å². The second kappa shape index (κ2) is 3.77. The summed E-state index contributed by atoms with van der Waals surface area (Å²) in [5.41, 5.74) is 1.73. The molecule has 2 rings (SSSR count). The maximum absolute atomic E-state index is 11.8. The van der Waals surface area contributed by atoms with E-state index in [1.165, 1.54) is 0 Å². The van der Waals surface area contributed by atoms with Crippen LogP contribution in [-0.2, 0) is 5.41 Å². The summed E-state index contributed by atoms with van der Waals surface area (Å²) in [6.07, 6.45) is 0. The zero-order chi connectivity index (χ0) is 11.9. The number of ketones is 1. The lowest BCUT2D eigenvalue weighted by Crippen LogP contribution is -2.19. The zero-order valence-electron chi connectivity index (χ0n) is 9.71. The molecule has 3 heteroatoms. The summed E-state index contributed by atoms with van der Waals surface area (Å²) in [4.78, 5) is 11.8. The Hall–Kier alpha value is -1.02. The Kier molecular flexibility index (Phi) is 2.70. The lowest BCUT2D eigenvalue weighted by atomic mass is 9.85. The molecule has 16 heavy (non-hydrogen) atoms. The highest BCUT2D eigenvalue weighted by atomic mass is 35.5. The van der Waals surface area contributed by atoms with E-state index in [2.05, 4.69) is 13.8 Å². The lowest BCUT2D eigenvalue weighted by molar-refractivity contribution is 0.0991. The molecular weight excluding hydrogens is 224 g/mol. The van der Waals surface area contributed by atoms with Crippen LogP contribution < -0.4 is 4.74 Å². The van der Waals surface area contributed by atoms with Gasteiger partial charge in [0.15, 0.2) is 5.78 Å². The number of alkyl halides is 1. The van der Waals surface area contributed by atoms with Crippen molar-refractivity contribution in [2.45, 2.75) is 31.6 Å². The Labute approximate surface area is 101 Å². The van der Waals surface area contributed by atoms with Gasteiger partial charge in [-0.25, -0.2) is 0 Å². The molecule has 0 saturated carbocycles. The van der Waals surface area contributed by atoms with Gasteiger partial charge in [-0.15, -0.1) is 11.6 Å². The van der Waals surface area contributed by atoms with Crippen molar-refractivity contribution < 1.29 is 9.53 Å². The number of carbonyl (C=O) groups is 1. The predicted octanol–water partition coefficient (Wildman–Crippen LogP) is 3.17. The fourth-order valence-electron chi connectivity index (χ4n) is 1.90. The molecule has 0 aliphatic carbocycles. The second-order valence-corrected chi connectivity index (χ2v) is 5.52. The summed E-state index contributed by atoms with van der Waals surface area (Å²) in [6.45, 7) is 6.57. The molecule has 1 aliphatic rings. The molecule has 1 aromatic carbocycles. The van der Waals surface area contributed by atoms with Crippen LogP contribution in [0.1, 0.15) is 36.7 Å². The topological polar surface area (TPSA) is 26.3 Å². The van der Waals surface area contributed by atoms with Crippen molar-refractivity contribution in [2.75, 3.05) is 6.61 Å². The van der Waals surface area contributed by atoms with Crippen molar-refractivity contribution in [3.63, 3.8) is 0 Å². The summed E-state index contributed by atoms with van der Waals surface area (Å²) < 4.78 is 5.56. The Bertz CT molecular complexity index is 436. The van der Waals surface area contributed by atoms with E-state index in [-0.39, 0.29) is 11.2 Å². The SMILES string of the molecule is CC(Cl)C(=O)c1ccc2c(c1)C(C)(C)CO2. The van der Waals surface area contributed by atoms with Crippen LogP contribution in [0.25, 0.3) is 0 Å². The highest BCUT2D eigenvalue weighted by Crippen LogP contribution is 2.38. The average molecular weight is 239 g/mol. The molecule has 0 amide bonds. The Morgan fingerprint density at radius 3 is 2.81 bits per heavy atom. The summed E-state index contributed by atoms with van der Waals surface area (Å²) in [5, 5.41) is -0.483. The van der Waals surface area contributed by atoms with E-state index >= 15 is 0 Å². The number of rotatable bonds is 2. The number of benzene rings is 1. The van der Waals surface area contributed by atoms with Crippen LogP contribution in [0.4, 0.5) is 0 Å². The van der Waals surface area contributed by atoms with Crippen LogP contribution in [0, 0.1) is 0 Å². The van der Waals surface area contributed by atoms with Crippen LogP contribution in [-0.4, -0.2) is 17.8 Å². The van der Waals surface area contributed by atoms with Crippen LogP contribution in [0.5, 0.6) is 5.75 Å². The minimum atomic E-state index is -0.483. The number of halogens is 1. The van der Waals surface area contributed by atoms with E-state index in [4.69, 9.17) is 16.3 Å². The van der Waals surface area contributed by atoms with Crippen molar-refractivity contribution in [3.05, 3.63) is 29.3 Å². The molecule has 0 fully saturated rings. The number of fused-ring (bicyclic) bond motifs is 1. The van der Waals surface area contributed by atoms with Crippen molar-refractivity contribution in [1.82, 2.24) is 0 Å². The summed E-state index contributed by atoms with van der Waals surface area (Å²) >= 11 is 5.80. The second-order valence-electron chi connectivity index (χ2n) is 4.86. The lowest BCUT2D eigenvalue weighted by Gasteiger charge is -2.15. The van der Waals surface area contributed by atoms with E-state index in [0.717, 1.165) is 11.3 Å². The largest absolute Gasteiger partial charge is 0.492 e. The molecule has 0 N–H and O–H groups in total. The molecule has 1 unspecified atom stereocenters. The first-order valence-electron chi connectivity index (χ1n) is 5.37. The number of Topliss-reactive ketones (excluding diaryl/α,β-unsaturated/α-hetero) is 1. The molecule has 0 bridgehead atoms. The van der Waals surface area contributed by atoms with Gasteiger partial charge in [0.05, 0.1) is 12.0 Å². The highest BCUT2D eigenvalue weighted by Gasteiger charge is 2.32. The van der Waals surface area contributed by atoms with E-state index in [1.807, 2.05) is 12.1 Å². The molecule has 2 nitrogen and oxygen atoms in total. The first kappa shape index (κ1) is 11.5.